The molecule has 6 heteroatoms. The molecule has 2 rings (SSSR count). The Labute approximate surface area is 130 Å². The van der Waals surface area contributed by atoms with Crippen LogP contribution in [-0.4, -0.2) is 12.6 Å². The molecule has 0 spiro atoms. The van der Waals surface area contributed by atoms with Gasteiger partial charge in [-0.2, -0.15) is 13.2 Å². The molecule has 22 heavy (non-hydrogen) atoms. The maximum Gasteiger partial charge on any atom is 0.416 e. The Morgan fingerprint density at radius 2 is 2.05 bits per heavy atom. The first kappa shape index (κ1) is 16.5. The number of alkyl halides is 3. The fraction of sp³-hybridized carbons (Fsp3) is 0.312. The van der Waals surface area contributed by atoms with E-state index in [1.165, 1.54) is 23.5 Å². The largest absolute Gasteiger partial charge is 0.463 e. The van der Waals surface area contributed by atoms with Gasteiger partial charge >= 0.3 is 12.1 Å². The molecule has 0 aliphatic carbocycles. The van der Waals surface area contributed by atoms with Crippen molar-refractivity contribution in [3.8, 4) is 0 Å². The summed E-state index contributed by atoms with van der Waals surface area (Å²) >= 11 is 1.24. The Balaban J connectivity index is 2.45. The van der Waals surface area contributed by atoms with Crippen molar-refractivity contribution in [1.82, 2.24) is 0 Å². The van der Waals surface area contributed by atoms with Crippen LogP contribution in [0.2, 0.25) is 0 Å². The van der Waals surface area contributed by atoms with Gasteiger partial charge < -0.3 is 4.74 Å². The molecular formula is C16H15F3O2S. The minimum absolute atomic E-state index is 0.283. The number of carbonyl (C=O) groups excluding carboxylic acids is 1. The van der Waals surface area contributed by atoms with Gasteiger partial charge in [-0.05, 0) is 42.5 Å². The molecular weight excluding hydrogens is 313 g/mol. The normalized spacial score (nSPS) is 12.2. The predicted molar refractivity (Wildman–Crippen MR) is 81.9 cm³/mol. The minimum Gasteiger partial charge on any atom is -0.463 e. The molecule has 2 nitrogen and oxygen atoms in total. The molecule has 0 unspecified atom stereocenters. The van der Waals surface area contributed by atoms with Gasteiger partial charge in [0.2, 0.25) is 0 Å². The highest BCUT2D eigenvalue weighted by Crippen LogP contribution is 2.37. The van der Waals surface area contributed by atoms with E-state index in [4.69, 9.17) is 4.74 Å². The highest BCUT2D eigenvalue weighted by atomic mass is 32.1. The Bertz CT molecular complexity index is 714. The zero-order valence-electron chi connectivity index (χ0n) is 12.2. The van der Waals surface area contributed by atoms with E-state index in [1.54, 1.807) is 13.0 Å². The summed E-state index contributed by atoms with van der Waals surface area (Å²) in [5.41, 5.74) is 0.277. The van der Waals surface area contributed by atoms with E-state index < -0.39 is 17.7 Å². The third-order valence-electron chi connectivity index (χ3n) is 3.16. The zero-order valence-corrected chi connectivity index (χ0v) is 13.0. The van der Waals surface area contributed by atoms with E-state index >= 15 is 0 Å². The second kappa shape index (κ2) is 6.52. The lowest BCUT2D eigenvalue weighted by Crippen LogP contribution is -2.03. The van der Waals surface area contributed by atoms with E-state index in [-0.39, 0.29) is 6.61 Å². The van der Waals surface area contributed by atoms with Gasteiger partial charge in [0.05, 0.1) is 12.2 Å². The van der Waals surface area contributed by atoms with Crippen molar-refractivity contribution in [2.75, 3.05) is 6.61 Å². The van der Waals surface area contributed by atoms with Crippen LogP contribution in [0, 0.1) is 0 Å². The lowest BCUT2D eigenvalue weighted by Gasteiger charge is -2.06. The van der Waals surface area contributed by atoms with Crippen LogP contribution in [-0.2, 0) is 22.1 Å². The Kier molecular flexibility index (Phi) is 4.90. The van der Waals surface area contributed by atoms with Gasteiger partial charge in [0, 0.05) is 15.7 Å². The Morgan fingerprint density at radius 3 is 2.64 bits per heavy atom. The molecule has 118 valence electrons. The number of aryl methyl sites for hydroxylation is 1. The van der Waals surface area contributed by atoms with Crippen molar-refractivity contribution < 1.29 is 22.7 Å². The molecule has 0 N–H and O–H groups in total. The Morgan fingerprint density at radius 1 is 1.32 bits per heavy atom. The number of esters is 1. The number of rotatable bonds is 4. The van der Waals surface area contributed by atoms with Gasteiger partial charge in [0.1, 0.15) is 0 Å². The topological polar surface area (TPSA) is 26.3 Å². The molecule has 1 heterocycles. The minimum atomic E-state index is -4.36. The van der Waals surface area contributed by atoms with Crippen LogP contribution in [0.3, 0.4) is 0 Å². The maximum absolute atomic E-state index is 12.8. The fourth-order valence-electron chi connectivity index (χ4n) is 2.18. The molecule has 0 saturated carbocycles. The Hall–Kier alpha value is -1.82. The summed E-state index contributed by atoms with van der Waals surface area (Å²) in [5.74, 6) is -0.460. The molecule has 0 saturated heterocycles. The van der Waals surface area contributed by atoms with Crippen molar-refractivity contribution in [2.45, 2.75) is 26.4 Å². The molecule has 0 fully saturated rings. The summed E-state index contributed by atoms with van der Waals surface area (Å²) in [4.78, 5) is 12.1. The number of hydrogen-bond donors (Lipinski definition) is 0. The number of hydrogen-bond acceptors (Lipinski definition) is 3. The van der Waals surface area contributed by atoms with Crippen molar-refractivity contribution in [2.24, 2.45) is 0 Å². The van der Waals surface area contributed by atoms with E-state index in [9.17, 15) is 18.0 Å². The summed E-state index contributed by atoms with van der Waals surface area (Å²) in [7, 11) is 0. The van der Waals surface area contributed by atoms with Gasteiger partial charge in [-0.25, -0.2) is 4.79 Å². The molecule has 1 aromatic carbocycles. The molecule has 2 aromatic rings. The average Bonchev–Trinajstić information content (AvgIpc) is 2.81. The van der Waals surface area contributed by atoms with Crippen LogP contribution >= 0.6 is 11.3 Å². The highest BCUT2D eigenvalue weighted by molar-refractivity contribution is 7.20. The van der Waals surface area contributed by atoms with E-state index in [1.807, 2.05) is 6.92 Å². The number of ether oxygens (including phenoxy) is 1. The fourth-order valence-corrected chi connectivity index (χ4v) is 3.42. The van der Waals surface area contributed by atoms with Gasteiger partial charge in [-0.15, -0.1) is 11.3 Å². The number of fused-ring (bicyclic) bond motifs is 1. The van der Waals surface area contributed by atoms with Crippen LogP contribution in [0.4, 0.5) is 13.2 Å². The third-order valence-corrected chi connectivity index (χ3v) is 4.32. The zero-order chi connectivity index (χ0) is 16.3. The third kappa shape index (κ3) is 3.50. The first-order valence-corrected chi connectivity index (χ1v) is 7.66. The van der Waals surface area contributed by atoms with Crippen molar-refractivity contribution >= 4 is 33.5 Å². The lowest BCUT2D eigenvalue weighted by atomic mass is 10.1. The smallest absolute Gasteiger partial charge is 0.416 e. The first-order valence-electron chi connectivity index (χ1n) is 6.84. The molecule has 1 aromatic heterocycles. The first-order chi connectivity index (χ1) is 10.4. The van der Waals surface area contributed by atoms with Gasteiger partial charge in [-0.1, -0.05) is 13.0 Å². The highest BCUT2D eigenvalue weighted by Gasteiger charge is 2.30. The second-order valence-electron chi connectivity index (χ2n) is 4.59. The molecule has 0 amide bonds. The van der Waals surface area contributed by atoms with Crippen LogP contribution < -0.4 is 0 Å². The van der Waals surface area contributed by atoms with E-state index in [0.29, 0.717) is 11.1 Å². The average molecular weight is 328 g/mol. The molecule has 0 aliphatic rings. The summed E-state index contributed by atoms with van der Waals surface area (Å²) in [6.45, 7) is 3.92. The molecule has 0 aliphatic heterocycles. The van der Waals surface area contributed by atoms with Gasteiger partial charge in [0.15, 0.2) is 0 Å². The predicted octanol–water partition coefficient (Wildman–Crippen LogP) is 5.06. The summed E-state index contributed by atoms with van der Waals surface area (Å²) < 4.78 is 43.7. The molecule has 0 bridgehead atoms. The van der Waals surface area contributed by atoms with E-state index in [0.717, 1.165) is 28.0 Å². The van der Waals surface area contributed by atoms with Crippen LogP contribution in [0.5, 0.6) is 0 Å². The quantitative estimate of drug-likeness (QED) is 0.579. The number of halogens is 3. The van der Waals surface area contributed by atoms with Crippen LogP contribution in [0.15, 0.2) is 24.3 Å². The summed E-state index contributed by atoms with van der Waals surface area (Å²) in [6, 6.07) is 3.74. The summed E-state index contributed by atoms with van der Waals surface area (Å²) in [5, 5.41) is 0.795. The maximum atomic E-state index is 12.8. The molecule has 0 atom stereocenters. The van der Waals surface area contributed by atoms with E-state index in [2.05, 4.69) is 0 Å². The number of benzene rings is 1. The number of carbonyl (C=O) groups is 1. The standard InChI is InChI=1S/C16H15F3O2S/c1-3-11-12-6-5-10(16(17,18)19)9-14(12)22-13(11)7-8-15(20)21-4-2/h5-9H,3-4H2,1-2H3. The van der Waals surface area contributed by atoms with Crippen LogP contribution in [0.25, 0.3) is 16.2 Å². The van der Waals surface area contributed by atoms with Crippen LogP contribution in [0.1, 0.15) is 29.9 Å². The second-order valence-corrected chi connectivity index (χ2v) is 5.68. The van der Waals surface area contributed by atoms with Gasteiger partial charge in [-0.3, -0.25) is 0 Å². The number of thiophene rings is 1. The summed E-state index contributed by atoms with van der Waals surface area (Å²) in [6.07, 6.45) is -0.772. The monoisotopic (exact) mass is 328 g/mol. The van der Waals surface area contributed by atoms with Gasteiger partial charge in [0.25, 0.3) is 0 Å². The lowest BCUT2D eigenvalue weighted by molar-refractivity contribution is -0.138. The molecule has 0 radical (unpaired) electrons. The SMILES string of the molecule is CCOC(=O)C=Cc1sc2cc(C(F)(F)F)ccc2c1CC. The van der Waals surface area contributed by atoms with Crippen molar-refractivity contribution in [3.63, 3.8) is 0 Å². The van der Waals surface area contributed by atoms with Crippen molar-refractivity contribution in [1.29, 1.82) is 0 Å². The van der Waals surface area contributed by atoms with Crippen molar-refractivity contribution in [3.05, 3.63) is 40.3 Å².